The third-order valence-corrected chi connectivity index (χ3v) is 3.94. The third-order valence-electron chi connectivity index (χ3n) is 3.94. The highest BCUT2D eigenvalue weighted by Gasteiger charge is 2.31. The van der Waals surface area contributed by atoms with Crippen LogP contribution in [0.25, 0.3) is 0 Å². The lowest BCUT2D eigenvalue weighted by atomic mass is 10.2. The molecule has 2 heterocycles. The molecule has 1 aromatic carbocycles. The maximum absolute atomic E-state index is 12.9. The molecule has 6 heteroatoms. The van der Waals surface area contributed by atoms with Crippen molar-refractivity contribution in [2.24, 2.45) is 0 Å². The van der Waals surface area contributed by atoms with Crippen molar-refractivity contribution in [3.05, 3.63) is 59.3 Å². The molecule has 120 valence electrons. The van der Waals surface area contributed by atoms with Crippen molar-refractivity contribution in [3.63, 3.8) is 0 Å². The molecule has 0 spiro atoms. The van der Waals surface area contributed by atoms with E-state index in [1.807, 2.05) is 0 Å². The Morgan fingerprint density at radius 3 is 2.74 bits per heavy atom. The molecule has 1 aromatic heterocycles. The second kappa shape index (κ2) is 6.24. The monoisotopic (exact) mass is 316 g/mol. The van der Waals surface area contributed by atoms with Crippen LogP contribution in [0.2, 0.25) is 0 Å². The van der Waals surface area contributed by atoms with Crippen LogP contribution in [0.3, 0.4) is 0 Å². The predicted octanol–water partition coefficient (Wildman–Crippen LogP) is 2.26. The van der Waals surface area contributed by atoms with Gasteiger partial charge in [-0.05, 0) is 30.7 Å². The molecular formula is C17H17FN2O3. The maximum Gasteiger partial charge on any atom is 0.255 e. The number of rotatable bonds is 4. The van der Waals surface area contributed by atoms with Gasteiger partial charge < -0.3 is 14.6 Å². The first-order valence-electron chi connectivity index (χ1n) is 7.40. The van der Waals surface area contributed by atoms with Crippen molar-refractivity contribution >= 4 is 11.8 Å². The van der Waals surface area contributed by atoms with Crippen LogP contribution in [0.15, 0.2) is 41.0 Å². The number of amides is 2. The van der Waals surface area contributed by atoms with E-state index in [1.165, 1.54) is 18.4 Å². The molecule has 2 amide bonds. The highest BCUT2D eigenvalue weighted by Crippen LogP contribution is 2.17. The van der Waals surface area contributed by atoms with Crippen LogP contribution in [-0.4, -0.2) is 29.3 Å². The van der Waals surface area contributed by atoms with E-state index >= 15 is 0 Å². The summed E-state index contributed by atoms with van der Waals surface area (Å²) in [5, 5.41) is 2.86. The molecule has 0 aliphatic carbocycles. The summed E-state index contributed by atoms with van der Waals surface area (Å²) in [5.41, 5.74) is 1.34. The van der Waals surface area contributed by atoms with E-state index in [9.17, 15) is 14.0 Å². The van der Waals surface area contributed by atoms with Crippen LogP contribution in [0.4, 0.5) is 4.39 Å². The zero-order valence-electron chi connectivity index (χ0n) is 12.7. The van der Waals surface area contributed by atoms with Gasteiger partial charge in [0.25, 0.3) is 5.91 Å². The number of nitrogens with zero attached hydrogens (tertiary/aromatic N) is 1. The molecule has 0 radical (unpaired) electrons. The number of aryl methyl sites for hydroxylation is 1. The lowest BCUT2D eigenvalue weighted by Crippen LogP contribution is -2.37. The van der Waals surface area contributed by atoms with Crippen molar-refractivity contribution < 1.29 is 18.4 Å². The van der Waals surface area contributed by atoms with Gasteiger partial charge in [0.2, 0.25) is 5.91 Å². The van der Waals surface area contributed by atoms with Gasteiger partial charge in [-0.1, -0.05) is 12.1 Å². The lowest BCUT2D eigenvalue weighted by molar-refractivity contribution is -0.128. The summed E-state index contributed by atoms with van der Waals surface area (Å²) in [4.78, 5) is 25.9. The molecule has 23 heavy (non-hydrogen) atoms. The minimum absolute atomic E-state index is 0.0245. The SMILES string of the molecule is Cc1occc1C(=O)N[C@H]1CC(=O)N(Cc2ccc(F)cc2)C1. The van der Waals surface area contributed by atoms with E-state index < -0.39 is 0 Å². The molecule has 3 rings (SSSR count). The standard InChI is InChI=1S/C17H17FN2O3/c1-11-15(6-7-23-11)17(22)19-14-8-16(21)20(10-14)9-12-2-4-13(18)5-3-12/h2-7,14H,8-10H2,1H3,(H,19,22)/t14-/m0/s1. The Kier molecular flexibility index (Phi) is 4.14. The summed E-state index contributed by atoms with van der Waals surface area (Å²) in [6.07, 6.45) is 1.73. The van der Waals surface area contributed by atoms with Crippen LogP contribution in [-0.2, 0) is 11.3 Å². The van der Waals surface area contributed by atoms with E-state index in [-0.39, 0.29) is 30.1 Å². The lowest BCUT2D eigenvalue weighted by Gasteiger charge is -2.17. The van der Waals surface area contributed by atoms with E-state index in [1.54, 1.807) is 30.0 Å². The summed E-state index contributed by atoms with van der Waals surface area (Å²) in [5.74, 6) is -0.0154. The highest BCUT2D eigenvalue weighted by molar-refractivity contribution is 5.95. The Morgan fingerprint density at radius 2 is 2.09 bits per heavy atom. The normalized spacial score (nSPS) is 17.6. The Hall–Kier alpha value is -2.63. The molecule has 1 aliphatic heterocycles. The second-order valence-electron chi connectivity index (χ2n) is 5.67. The first-order chi connectivity index (χ1) is 11.0. The fourth-order valence-electron chi connectivity index (χ4n) is 2.72. The van der Waals surface area contributed by atoms with Gasteiger partial charge in [0.05, 0.1) is 17.9 Å². The Labute approximate surface area is 133 Å². The average Bonchev–Trinajstić information content (AvgIpc) is 3.08. The highest BCUT2D eigenvalue weighted by atomic mass is 19.1. The number of hydrogen-bond acceptors (Lipinski definition) is 3. The Bertz CT molecular complexity index is 724. The quantitative estimate of drug-likeness (QED) is 0.941. The number of furan rings is 1. The van der Waals surface area contributed by atoms with Gasteiger partial charge in [0.15, 0.2) is 0 Å². The van der Waals surface area contributed by atoms with E-state index in [0.29, 0.717) is 24.4 Å². The van der Waals surface area contributed by atoms with Crippen molar-refractivity contribution in [3.8, 4) is 0 Å². The Morgan fingerprint density at radius 1 is 1.35 bits per heavy atom. The summed E-state index contributed by atoms with van der Waals surface area (Å²) in [6.45, 7) is 2.57. The summed E-state index contributed by atoms with van der Waals surface area (Å²) < 4.78 is 18.0. The molecule has 0 saturated carbocycles. The zero-order chi connectivity index (χ0) is 16.4. The van der Waals surface area contributed by atoms with Gasteiger partial charge in [-0.25, -0.2) is 4.39 Å². The topological polar surface area (TPSA) is 62.6 Å². The molecule has 0 unspecified atom stereocenters. The fourth-order valence-corrected chi connectivity index (χ4v) is 2.72. The number of halogens is 1. The summed E-state index contributed by atoms with van der Waals surface area (Å²) in [6, 6.07) is 7.43. The van der Waals surface area contributed by atoms with Gasteiger partial charge in [-0.15, -0.1) is 0 Å². The number of carbonyl (C=O) groups is 2. The number of benzene rings is 1. The van der Waals surface area contributed by atoms with Gasteiger partial charge in [0, 0.05) is 19.5 Å². The van der Waals surface area contributed by atoms with Crippen LogP contribution in [0.1, 0.15) is 28.1 Å². The number of likely N-dealkylation sites (tertiary alicyclic amines) is 1. The molecule has 1 aliphatic rings. The van der Waals surface area contributed by atoms with Crippen molar-refractivity contribution in [2.45, 2.75) is 25.9 Å². The zero-order valence-corrected chi connectivity index (χ0v) is 12.7. The smallest absolute Gasteiger partial charge is 0.255 e. The van der Waals surface area contributed by atoms with Crippen LogP contribution >= 0.6 is 0 Å². The first-order valence-corrected chi connectivity index (χ1v) is 7.40. The molecule has 1 N–H and O–H groups in total. The van der Waals surface area contributed by atoms with Gasteiger partial charge in [0.1, 0.15) is 11.6 Å². The fraction of sp³-hybridized carbons (Fsp3) is 0.294. The average molecular weight is 316 g/mol. The summed E-state index contributed by atoms with van der Waals surface area (Å²) in [7, 11) is 0. The molecule has 5 nitrogen and oxygen atoms in total. The minimum Gasteiger partial charge on any atom is -0.469 e. The van der Waals surface area contributed by atoms with Gasteiger partial charge in [-0.3, -0.25) is 9.59 Å². The number of carbonyl (C=O) groups excluding carboxylic acids is 2. The van der Waals surface area contributed by atoms with Gasteiger partial charge in [-0.2, -0.15) is 0 Å². The largest absolute Gasteiger partial charge is 0.469 e. The van der Waals surface area contributed by atoms with Crippen molar-refractivity contribution in [1.82, 2.24) is 10.2 Å². The molecule has 1 atom stereocenters. The molecule has 1 fully saturated rings. The van der Waals surface area contributed by atoms with Crippen LogP contribution in [0.5, 0.6) is 0 Å². The predicted molar refractivity (Wildman–Crippen MR) is 81.1 cm³/mol. The first kappa shape index (κ1) is 15.3. The van der Waals surface area contributed by atoms with Gasteiger partial charge >= 0.3 is 0 Å². The number of nitrogens with one attached hydrogen (secondary N) is 1. The van der Waals surface area contributed by atoms with Crippen LogP contribution in [0, 0.1) is 12.7 Å². The molecule has 1 saturated heterocycles. The van der Waals surface area contributed by atoms with E-state index in [2.05, 4.69) is 5.32 Å². The number of hydrogen-bond donors (Lipinski definition) is 1. The molecule has 0 bridgehead atoms. The Balaban J connectivity index is 1.60. The van der Waals surface area contributed by atoms with Crippen LogP contribution < -0.4 is 5.32 Å². The van der Waals surface area contributed by atoms with Crippen molar-refractivity contribution in [2.75, 3.05) is 6.54 Å². The molecular weight excluding hydrogens is 299 g/mol. The van der Waals surface area contributed by atoms with E-state index in [0.717, 1.165) is 5.56 Å². The van der Waals surface area contributed by atoms with E-state index in [4.69, 9.17) is 4.42 Å². The summed E-state index contributed by atoms with van der Waals surface area (Å²) >= 11 is 0. The maximum atomic E-state index is 12.9. The second-order valence-corrected chi connectivity index (χ2v) is 5.67. The third kappa shape index (κ3) is 3.41. The van der Waals surface area contributed by atoms with Crippen molar-refractivity contribution in [1.29, 1.82) is 0 Å². The minimum atomic E-state index is -0.304. The molecule has 2 aromatic rings.